The van der Waals surface area contributed by atoms with Crippen LogP contribution in [-0.2, 0) is 21.5 Å². The van der Waals surface area contributed by atoms with Gasteiger partial charge in [-0.25, -0.2) is 0 Å². The number of hydrogen-bond donors (Lipinski definition) is 0. The molecule has 0 aliphatic rings. The predicted molar refractivity (Wildman–Crippen MR) is 168 cm³/mol. The minimum Gasteiger partial charge on any atom is -0.313 e. The van der Waals surface area contributed by atoms with Crippen LogP contribution in [0.4, 0.5) is 0 Å². The molecule has 0 aliphatic heterocycles. The zero-order valence-corrected chi connectivity index (χ0v) is 24.5. The van der Waals surface area contributed by atoms with Gasteiger partial charge in [0.25, 0.3) is 0 Å². The molecular weight excluding hydrogens is 514 g/mol. The Balaban J connectivity index is 1.65. The van der Waals surface area contributed by atoms with Gasteiger partial charge in [-0.05, 0) is 48.6 Å². The molecule has 0 unspecified atom stereocenters. The topological polar surface area (TPSA) is 34.1 Å². The highest BCUT2D eigenvalue weighted by atomic mass is 31.2. The molecule has 0 fully saturated rings. The largest absolute Gasteiger partial charge is 0.313 e. The third kappa shape index (κ3) is 5.38. The zero-order chi connectivity index (χ0) is 27.5. The zero-order valence-electron chi connectivity index (χ0n) is 22.7. The van der Waals surface area contributed by atoms with Crippen LogP contribution in [0.5, 0.6) is 0 Å². The Morgan fingerprint density at radius 2 is 0.692 bits per heavy atom. The van der Waals surface area contributed by atoms with Gasteiger partial charge in [0.15, 0.2) is 0 Å². The van der Waals surface area contributed by atoms with E-state index in [1.807, 2.05) is 121 Å². The molecule has 0 atom stereocenters. The molecule has 0 aromatic heterocycles. The summed E-state index contributed by atoms with van der Waals surface area (Å²) in [7, 11) is -5.94. The van der Waals surface area contributed by atoms with E-state index < -0.39 is 14.3 Å². The van der Waals surface area contributed by atoms with E-state index in [2.05, 4.69) is 26.8 Å². The highest BCUT2D eigenvalue weighted by Gasteiger charge is 2.32. The molecule has 0 spiro atoms. The molecule has 0 saturated carbocycles. The van der Waals surface area contributed by atoms with E-state index >= 15 is 0 Å². The van der Waals surface area contributed by atoms with Crippen LogP contribution in [0, 0.1) is 20.8 Å². The third-order valence-electron chi connectivity index (χ3n) is 7.75. The minimum atomic E-state index is -2.97. The van der Waals surface area contributed by atoms with Crippen LogP contribution in [0.2, 0.25) is 0 Å². The van der Waals surface area contributed by atoms with Gasteiger partial charge in [0, 0.05) is 33.5 Å². The van der Waals surface area contributed by atoms with Crippen LogP contribution in [0.25, 0.3) is 0 Å². The maximum atomic E-state index is 15.0. The van der Waals surface area contributed by atoms with Crippen molar-refractivity contribution in [2.45, 2.75) is 33.1 Å². The van der Waals surface area contributed by atoms with Gasteiger partial charge < -0.3 is 9.13 Å². The quantitative estimate of drug-likeness (QED) is 0.187. The third-order valence-corrected chi connectivity index (χ3v) is 13.8. The summed E-state index contributed by atoms with van der Waals surface area (Å²) in [5.41, 5.74) is 5.50. The molecular formula is C35H34O2P2. The van der Waals surface area contributed by atoms with Gasteiger partial charge in [-0.2, -0.15) is 0 Å². The van der Waals surface area contributed by atoms with Gasteiger partial charge in [0.1, 0.15) is 14.3 Å². The molecule has 0 N–H and O–H groups in total. The van der Waals surface area contributed by atoms with Gasteiger partial charge in [-0.3, -0.25) is 0 Å². The number of hydrogen-bond acceptors (Lipinski definition) is 2. The first-order chi connectivity index (χ1) is 18.8. The molecule has 0 amide bonds. The predicted octanol–water partition coefficient (Wildman–Crippen LogP) is 7.64. The van der Waals surface area contributed by atoms with Crippen molar-refractivity contribution in [2.24, 2.45) is 0 Å². The van der Waals surface area contributed by atoms with Crippen molar-refractivity contribution in [1.29, 1.82) is 0 Å². The van der Waals surface area contributed by atoms with Crippen LogP contribution in [-0.4, -0.2) is 0 Å². The van der Waals surface area contributed by atoms with Crippen molar-refractivity contribution in [2.75, 3.05) is 0 Å². The monoisotopic (exact) mass is 548 g/mol. The summed E-state index contributed by atoms with van der Waals surface area (Å²) < 4.78 is 29.9. The van der Waals surface area contributed by atoms with Gasteiger partial charge in [0.2, 0.25) is 0 Å². The summed E-state index contributed by atoms with van der Waals surface area (Å²) in [5, 5.41) is 3.43. The van der Waals surface area contributed by atoms with Crippen LogP contribution in [0.3, 0.4) is 0 Å². The molecule has 0 bridgehead atoms. The van der Waals surface area contributed by atoms with Crippen molar-refractivity contribution < 1.29 is 9.13 Å². The summed E-state index contributed by atoms with van der Waals surface area (Å²) in [4.78, 5) is 0. The highest BCUT2D eigenvalue weighted by Crippen LogP contribution is 2.51. The van der Waals surface area contributed by atoms with Gasteiger partial charge in [-0.1, -0.05) is 127 Å². The summed E-state index contributed by atoms with van der Waals surface area (Å²) >= 11 is 0. The number of aryl methyl sites for hydroxylation is 2. The van der Waals surface area contributed by atoms with Crippen molar-refractivity contribution >= 4 is 35.5 Å². The Morgan fingerprint density at radius 3 is 0.949 bits per heavy atom. The molecule has 0 radical (unpaired) electrons. The fourth-order valence-corrected chi connectivity index (χ4v) is 11.3. The molecule has 5 aromatic rings. The molecule has 5 rings (SSSR count). The second-order valence-corrected chi connectivity index (χ2v) is 15.9. The van der Waals surface area contributed by atoms with Crippen molar-refractivity contribution in [3.05, 3.63) is 155 Å². The Bertz CT molecular complexity index is 1450. The molecule has 39 heavy (non-hydrogen) atoms. The summed E-state index contributed by atoms with van der Waals surface area (Å²) in [5.74, 6) is 0. The lowest BCUT2D eigenvalue weighted by molar-refractivity contribution is 0.586. The second-order valence-electron chi connectivity index (χ2n) is 10.2. The average molecular weight is 549 g/mol. The Morgan fingerprint density at radius 1 is 0.436 bits per heavy atom. The fraction of sp³-hybridized carbons (Fsp3) is 0.143. The first-order valence-electron chi connectivity index (χ1n) is 13.3. The summed E-state index contributed by atoms with van der Waals surface area (Å²) in [6.07, 6.45) is 0.847. The van der Waals surface area contributed by atoms with E-state index in [4.69, 9.17) is 0 Å². The number of benzene rings is 5. The lowest BCUT2D eigenvalue weighted by atomic mass is 9.95. The van der Waals surface area contributed by atoms with E-state index in [1.54, 1.807) is 0 Å². The Labute approximate surface area is 232 Å². The van der Waals surface area contributed by atoms with Crippen molar-refractivity contribution in [3.8, 4) is 0 Å². The van der Waals surface area contributed by atoms with E-state index in [1.165, 1.54) is 0 Å². The van der Waals surface area contributed by atoms with Crippen LogP contribution < -0.4 is 21.2 Å². The Kier molecular flexibility index (Phi) is 7.90. The highest BCUT2D eigenvalue weighted by molar-refractivity contribution is 7.78. The smallest absolute Gasteiger partial charge is 0.147 e. The lowest BCUT2D eigenvalue weighted by Crippen LogP contribution is -2.20. The maximum Gasteiger partial charge on any atom is 0.147 e. The first-order valence-corrected chi connectivity index (χ1v) is 17.1. The molecule has 5 aromatic carbocycles. The summed E-state index contributed by atoms with van der Waals surface area (Å²) in [6, 6.07) is 41.5. The average Bonchev–Trinajstić information content (AvgIpc) is 2.99. The van der Waals surface area contributed by atoms with Crippen LogP contribution >= 0.6 is 14.3 Å². The standard InChI is InChI=1S/C35H34O2P2/c1-27-24-28(2)35(26-39(37,32-20-12-6-13-21-32)33-22-14-7-15-23-33)29(3)34(27)25-38(36,30-16-8-4-9-17-30)31-18-10-5-11-19-31/h4-24H,25-26H2,1-3H3. The van der Waals surface area contributed by atoms with E-state index in [9.17, 15) is 9.13 Å². The van der Waals surface area contributed by atoms with Crippen LogP contribution in [0.1, 0.15) is 27.8 Å². The normalized spacial score (nSPS) is 11.9. The van der Waals surface area contributed by atoms with Gasteiger partial charge >= 0.3 is 0 Å². The minimum absolute atomic E-state index is 0.424. The van der Waals surface area contributed by atoms with E-state index in [0.717, 1.165) is 49.0 Å². The molecule has 0 saturated heterocycles. The maximum absolute atomic E-state index is 15.0. The van der Waals surface area contributed by atoms with Gasteiger partial charge in [-0.15, -0.1) is 0 Å². The lowest BCUT2D eigenvalue weighted by Gasteiger charge is -2.26. The van der Waals surface area contributed by atoms with Gasteiger partial charge in [0.05, 0.1) is 0 Å². The van der Waals surface area contributed by atoms with Crippen LogP contribution in [0.15, 0.2) is 127 Å². The molecule has 4 heteroatoms. The molecule has 2 nitrogen and oxygen atoms in total. The second kappa shape index (κ2) is 11.4. The first kappa shape index (κ1) is 27.1. The van der Waals surface area contributed by atoms with E-state index in [0.29, 0.717) is 12.3 Å². The van der Waals surface area contributed by atoms with Crippen molar-refractivity contribution in [3.63, 3.8) is 0 Å². The Hall–Kier alpha value is -3.44. The number of rotatable bonds is 8. The van der Waals surface area contributed by atoms with Crippen molar-refractivity contribution in [1.82, 2.24) is 0 Å². The molecule has 0 heterocycles. The van der Waals surface area contributed by atoms with E-state index in [-0.39, 0.29) is 0 Å². The molecule has 0 aliphatic carbocycles. The SMILES string of the molecule is Cc1cc(C)c(CP(=O)(c2ccccc2)c2ccccc2)c(C)c1CP(=O)(c1ccccc1)c1ccccc1. The summed E-state index contributed by atoms with van der Waals surface area (Å²) in [6.45, 7) is 6.33. The molecule has 196 valence electrons. The fourth-order valence-electron chi connectivity index (χ4n) is 5.54.